The molecule has 8 nitrogen and oxygen atoms in total. The number of carbonyl (C=O) groups is 2. The minimum absolute atomic E-state index is 0.00313. The fraction of sp³-hybridized carbons (Fsp3) is 0.625. The van der Waals surface area contributed by atoms with Gasteiger partial charge in [0.2, 0.25) is 11.8 Å². The third-order valence-electron chi connectivity index (χ3n) is 8.14. The first-order valence-electron chi connectivity index (χ1n) is 12.2. The van der Waals surface area contributed by atoms with Gasteiger partial charge in [0.05, 0.1) is 17.8 Å². The van der Waals surface area contributed by atoms with Gasteiger partial charge in [0.15, 0.2) is 5.58 Å². The second kappa shape index (κ2) is 8.36. The predicted molar refractivity (Wildman–Crippen MR) is 118 cm³/mol. The van der Waals surface area contributed by atoms with Gasteiger partial charge >= 0.3 is 0 Å². The fourth-order valence-corrected chi connectivity index (χ4v) is 6.35. The molecule has 2 aromatic rings. The van der Waals surface area contributed by atoms with Gasteiger partial charge in [-0.3, -0.25) is 15.0 Å². The molecule has 33 heavy (non-hydrogen) atoms. The Morgan fingerprint density at radius 2 is 1.94 bits per heavy atom. The second-order valence-corrected chi connectivity index (χ2v) is 10.0. The Balaban J connectivity index is 1.08. The summed E-state index contributed by atoms with van der Waals surface area (Å²) < 4.78 is 18.8. The molecule has 3 saturated heterocycles. The van der Waals surface area contributed by atoms with Crippen LogP contribution < -0.4 is 10.9 Å². The number of carbonyl (C=O) groups excluding carboxylic acids is 2. The molecule has 4 aliphatic rings. The molecule has 1 saturated carbocycles. The fourth-order valence-electron chi connectivity index (χ4n) is 6.35. The summed E-state index contributed by atoms with van der Waals surface area (Å²) in [6.07, 6.45) is 6.56. The van der Waals surface area contributed by atoms with E-state index in [4.69, 9.17) is 4.52 Å². The van der Waals surface area contributed by atoms with Crippen LogP contribution in [-0.2, 0) is 9.59 Å². The smallest absolute Gasteiger partial charge is 0.227 e. The van der Waals surface area contributed by atoms with Gasteiger partial charge in [-0.2, -0.15) is 0 Å². The van der Waals surface area contributed by atoms with Crippen LogP contribution in [-0.4, -0.2) is 58.6 Å². The molecular weight excluding hydrogens is 425 g/mol. The number of benzene rings is 1. The Morgan fingerprint density at radius 1 is 1.12 bits per heavy atom. The lowest BCUT2D eigenvalue weighted by Gasteiger charge is -2.34. The average Bonchev–Trinajstić information content (AvgIpc) is 3.55. The Kier molecular flexibility index (Phi) is 5.33. The Labute approximate surface area is 191 Å². The second-order valence-electron chi connectivity index (χ2n) is 10.0. The minimum atomic E-state index is -0.339. The van der Waals surface area contributed by atoms with Gasteiger partial charge in [0, 0.05) is 55.4 Å². The first-order chi connectivity index (χ1) is 16.1. The van der Waals surface area contributed by atoms with E-state index in [2.05, 4.69) is 16.0 Å². The lowest BCUT2D eigenvalue weighted by atomic mass is 9.84. The van der Waals surface area contributed by atoms with Crippen molar-refractivity contribution in [1.82, 2.24) is 25.8 Å². The van der Waals surface area contributed by atoms with Crippen LogP contribution in [0.2, 0.25) is 0 Å². The van der Waals surface area contributed by atoms with E-state index in [1.165, 1.54) is 25.0 Å². The largest absolute Gasteiger partial charge is 0.356 e. The number of nitrogens with one attached hydrogen (secondary N) is 2. The SMILES string of the molecule is O=C(C1CC(=O)N(C2NNC3CCCCC32)C1)N1CCC(c2noc3cc(F)ccc23)CC1. The van der Waals surface area contributed by atoms with Crippen molar-refractivity contribution in [2.45, 2.75) is 63.1 Å². The van der Waals surface area contributed by atoms with Crippen molar-refractivity contribution in [1.29, 1.82) is 0 Å². The van der Waals surface area contributed by atoms with Crippen molar-refractivity contribution < 1.29 is 18.5 Å². The van der Waals surface area contributed by atoms with Crippen LogP contribution in [0.4, 0.5) is 4.39 Å². The van der Waals surface area contributed by atoms with E-state index in [1.54, 1.807) is 6.07 Å². The Hall–Kier alpha value is -2.52. The van der Waals surface area contributed by atoms with E-state index in [-0.39, 0.29) is 35.6 Å². The molecule has 176 valence electrons. The first kappa shape index (κ1) is 21.0. The number of hydrogen-bond donors (Lipinski definition) is 2. The summed E-state index contributed by atoms with van der Waals surface area (Å²) in [7, 11) is 0. The molecule has 1 aliphatic carbocycles. The average molecular weight is 456 g/mol. The highest BCUT2D eigenvalue weighted by atomic mass is 19.1. The molecule has 0 spiro atoms. The molecule has 9 heteroatoms. The maximum absolute atomic E-state index is 13.4. The lowest BCUT2D eigenvalue weighted by molar-refractivity contribution is -0.136. The van der Waals surface area contributed by atoms with Crippen LogP contribution in [0.25, 0.3) is 11.0 Å². The number of aromatic nitrogens is 1. The molecule has 3 aliphatic heterocycles. The standard InChI is InChI=1S/C24H30FN5O3/c25-16-5-6-18-20(12-16)33-28-22(18)14-7-9-29(10-8-14)24(32)15-11-21(31)30(13-15)23-17-3-1-2-4-19(17)26-27-23/h5-6,12,14-15,17,19,23,26-27H,1-4,7-11,13H2. The third-order valence-corrected chi connectivity index (χ3v) is 8.14. The van der Waals surface area contributed by atoms with E-state index in [1.807, 2.05) is 9.80 Å². The van der Waals surface area contributed by atoms with Gasteiger partial charge in [0.1, 0.15) is 5.82 Å². The van der Waals surface area contributed by atoms with Crippen molar-refractivity contribution in [3.8, 4) is 0 Å². The van der Waals surface area contributed by atoms with E-state index in [9.17, 15) is 14.0 Å². The number of halogens is 1. The molecule has 4 atom stereocenters. The third kappa shape index (κ3) is 3.71. The maximum atomic E-state index is 13.4. The van der Waals surface area contributed by atoms with Crippen molar-refractivity contribution in [2.24, 2.45) is 11.8 Å². The molecule has 2 amide bonds. The molecular formula is C24H30FN5O3. The van der Waals surface area contributed by atoms with Gasteiger partial charge in [-0.15, -0.1) is 0 Å². The number of nitrogens with zero attached hydrogens (tertiary/aromatic N) is 3. The Bertz CT molecular complexity index is 1070. The highest BCUT2D eigenvalue weighted by molar-refractivity contribution is 5.89. The van der Waals surface area contributed by atoms with E-state index in [0.29, 0.717) is 43.6 Å². The number of piperidine rings is 1. The van der Waals surface area contributed by atoms with Crippen molar-refractivity contribution in [3.63, 3.8) is 0 Å². The van der Waals surface area contributed by atoms with E-state index < -0.39 is 0 Å². The van der Waals surface area contributed by atoms with Crippen LogP contribution in [0.1, 0.15) is 56.6 Å². The molecule has 4 heterocycles. The normalized spacial score (nSPS) is 30.9. The van der Waals surface area contributed by atoms with Crippen LogP contribution >= 0.6 is 0 Å². The van der Waals surface area contributed by atoms with Gasteiger partial charge in [0.25, 0.3) is 0 Å². The van der Waals surface area contributed by atoms with Crippen molar-refractivity contribution in [3.05, 3.63) is 29.7 Å². The Morgan fingerprint density at radius 3 is 2.79 bits per heavy atom. The van der Waals surface area contributed by atoms with Crippen LogP contribution in [0.5, 0.6) is 0 Å². The minimum Gasteiger partial charge on any atom is -0.356 e. The number of likely N-dealkylation sites (tertiary alicyclic amines) is 2. The first-order valence-corrected chi connectivity index (χ1v) is 12.2. The van der Waals surface area contributed by atoms with Crippen molar-refractivity contribution >= 4 is 22.8 Å². The van der Waals surface area contributed by atoms with Crippen molar-refractivity contribution in [2.75, 3.05) is 19.6 Å². The lowest BCUT2D eigenvalue weighted by Crippen LogP contribution is -2.49. The van der Waals surface area contributed by atoms with Crippen LogP contribution in [0, 0.1) is 17.7 Å². The number of hydrogen-bond acceptors (Lipinski definition) is 6. The molecule has 0 bridgehead atoms. The number of fused-ring (bicyclic) bond motifs is 2. The topological polar surface area (TPSA) is 90.7 Å². The molecule has 4 unspecified atom stereocenters. The molecule has 4 fully saturated rings. The summed E-state index contributed by atoms with van der Waals surface area (Å²) in [5.74, 6) is 0.165. The monoisotopic (exact) mass is 455 g/mol. The van der Waals surface area contributed by atoms with Gasteiger partial charge in [-0.05, 0) is 37.8 Å². The number of hydrazine groups is 1. The van der Waals surface area contributed by atoms with E-state index in [0.717, 1.165) is 36.8 Å². The van der Waals surface area contributed by atoms with E-state index >= 15 is 0 Å². The van der Waals surface area contributed by atoms with Gasteiger partial charge in [-0.25, -0.2) is 9.82 Å². The quantitative estimate of drug-likeness (QED) is 0.739. The molecule has 1 aromatic heterocycles. The molecule has 2 N–H and O–H groups in total. The highest BCUT2D eigenvalue weighted by Crippen LogP contribution is 2.36. The molecule has 1 aromatic carbocycles. The summed E-state index contributed by atoms with van der Waals surface area (Å²) in [5.41, 5.74) is 8.02. The van der Waals surface area contributed by atoms with Crippen LogP contribution in [0.15, 0.2) is 22.7 Å². The molecule has 6 rings (SSSR count). The summed E-state index contributed by atoms with van der Waals surface area (Å²) in [6, 6.07) is 4.93. The predicted octanol–water partition coefficient (Wildman–Crippen LogP) is 2.51. The number of rotatable bonds is 3. The zero-order chi connectivity index (χ0) is 22.5. The summed E-state index contributed by atoms with van der Waals surface area (Å²) in [4.78, 5) is 29.9. The molecule has 0 radical (unpaired) electrons. The summed E-state index contributed by atoms with van der Waals surface area (Å²) in [5, 5.41) is 5.04. The zero-order valence-corrected chi connectivity index (χ0v) is 18.6. The number of amides is 2. The highest BCUT2D eigenvalue weighted by Gasteiger charge is 2.47. The maximum Gasteiger partial charge on any atom is 0.227 e. The van der Waals surface area contributed by atoms with Gasteiger partial charge in [-0.1, -0.05) is 18.0 Å². The van der Waals surface area contributed by atoms with Gasteiger partial charge < -0.3 is 14.3 Å². The summed E-state index contributed by atoms with van der Waals surface area (Å²) in [6.45, 7) is 1.77. The van der Waals surface area contributed by atoms with Crippen LogP contribution in [0.3, 0.4) is 0 Å². The zero-order valence-electron chi connectivity index (χ0n) is 18.6. The summed E-state index contributed by atoms with van der Waals surface area (Å²) >= 11 is 0.